The highest BCUT2D eigenvalue weighted by atomic mass is 35.5. The predicted octanol–water partition coefficient (Wildman–Crippen LogP) is 2.04. The fourth-order valence-electron chi connectivity index (χ4n) is 3.33. The van der Waals surface area contributed by atoms with Crippen molar-refractivity contribution in [2.75, 3.05) is 39.9 Å². The molecule has 2 heterocycles. The van der Waals surface area contributed by atoms with Crippen LogP contribution in [-0.2, 0) is 0 Å². The summed E-state index contributed by atoms with van der Waals surface area (Å²) in [5.74, 6) is 2.15. The van der Waals surface area contributed by atoms with Crippen molar-refractivity contribution in [3.8, 4) is 11.5 Å². The van der Waals surface area contributed by atoms with E-state index >= 15 is 0 Å². The van der Waals surface area contributed by atoms with Gasteiger partial charge in [0, 0.05) is 31.7 Å². The number of hydrogen-bond acceptors (Lipinski definition) is 4. The second-order valence-electron chi connectivity index (χ2n) is 5.81. The van der Waals surface area contributed by atoms with E-state index in [-0.39, 0.29) is 5.91 Å². The number of methoxy groups -OCH3 is 1. The fraction of sp³-hybridized carbons (Fsp3) is 0.562. The number of rotatable bonds is 4. The zero-order valence-corrected chi connectivity index (χ0v) is 13.7. The molecule has 3 rings (SSSR count). The van der Waals surface area contributed by atoms with Gasteiger partial charge in [-0.05, 0) is 30.9 Å². The molecule has 2 fully saturated rings. The van der Waals surface area contributed by atoms with Crippen molar-refractivity contribution in [2.24, 2.45) is 11.8 Å². The molecule has 0 unspecified atom stereocenters. The summed E-state index contributed by atoms with van der Waals surface area (Å²) < 4.78 is 10.8. The minimum Gasteiger partial charge on any atom is -0.493 e. The second kappa shape index (κ2) is 6.34. The SMILES string of the molecule is CCOc1c(Cl)cc(C(=O)N2C[C@H]3CNC[C@H]3C2)cc1OC. The Morgan fingerprint density at radius 2 is 2.05 bits per heavy atom. The Bertz CT molecular complexity index is 567. The van der Waals surface area contributed by atoms with E-state index in [0.29, 0.717) is 40.5 Å². The highest BCUT2D eigenvalue weighted by Crippen LogP contribution is 2.37. The summed E-state index contributed by atoms with van der Waals surface area (Å²) in [4.78, 5) is 14.6. The van der Waals surface area contributed by atoms with Crippen LogP contribution in [-0.4, -0.2) is 50.7 Å². The summed E-state index contributed by atoms with van der Waals surface area (Å²) in [5, 5.41) is 3.78. The molecule has 0 spiro atoms. The summed E-state index contributed by atoms with van der Waals surface area (Å²) in [7, 11) is 1.55. The van der Waals surface area contributed by atoms with Gasteiger partial charge >= 0.3 is 0 Å². The molecule has 0 saturated carbocycles. The Labute approximate surface area is 135 Å². The van der Waals surface area contributed by atoms with E-state index < -0.39 is 0 Å². The number of likely N-dealkylation sites (tertiary alicyclic amines) is 1. The first kappa shape index (κ1) is 15.4. The van der Waals surface area contributed by atoms with Gasteiger partial charge in [-0.15, -0.1) is 0 Å². The molecule has 0 bridgehead atoms. The number of carbonyl (C=O) groups is 1. The van der Waals surface area contributed by atoms with Crippen LogP contribution in [0.4, 0.5) is 0 Å². The number of carbonyl (C=O) groups excluding carboxylic acids is 1. The lowest BCUT2D eigenvalue weighted by atomic mass is 10.0. The van der Waals surface area contributed by atoms with Crippen LogP contribution in [0, 0.1) is 11.8 Å². The molecule has 1 aromatic carbocycles. The third-order valence-corrected chi connectivity index (χ3v) is 4.72. The molecule has 22 heavy (non-hydrogen) atoms. The first-order valence-electron chi connectivity index (χ1n) is 7.64. The fourth-order valence-corrected chi connectivity index (χ4v) is 3.60. The summed E-state index contributed by atoms with van der Waals surface area (Å²) in [5.41, 5.74) is 0.554. The molecule has 2 aliphatic rings. The third-order valence-electron chi connectivity index (χ3n) is 4.44. The molecule has 1 N–H and O–H groups in total. The highest BCUT2D eigenvalue weighted by molar-refractivity contribution is 6.32. The summed E-state index contributed by atoms with van der Waals surface area (Å²) >= 11 is 6.25. The molecule has 2 aliphatic heterocycles. The van der Waals surface area contributed by atoms with E-state index in [2.05, 4.69) is 5.32 Å². The first-order valence-corrected chi connectivity index (χ1v) is 8.02. The lowest BCUT2D eigenvalue weighted by Crippen LogP contribution is -2.31. The van der Waals surface area contributed by atoms with Gasteiger partial charge in [0.25, 0.3) is 5.91 Å². The monoisotopic (exact) mass is 324 g/mol. The normalized spacial score (nSPS) is 23.5. The van der Waals surface area contributed by atoms with E-state index in [1.807, 2.05) is 11.8 Å². The number of halogens is 1. The number of fused-ring (bicyclic) bond motifs is 1. The van der Waals surface area contributed by atoms with Crippen LogP contribution >= 0.6 is 11.6 Å². The van der Waals surface area contributed by atoms with Crippen molar-refractivity contribution in [3.63, 3.8) is 0 Å². The molecule has 2 atom stereocenters. The highest BCUT2D eigenvalue weighted by Gasteiger charge is 2.38. The Morgan fingerprint density at radius 3 is 2.64 bits per heavy atom. The van der Waals surface area contributed by atoms with E-state index in [9.17, 15) is 4.79 Å². The average molecular weight is 325 g/mol. The van der Waals surface area contributed by atoms with E-state index in [1.165, 1.54) is 0 Å². The van der Waals surface area contributed by atoms with Crippen LogP contribution in [0.1, 0.15) is 17.3 Å². The molecular formula is C16H21ClN2O3. The topological polar surface area (TPSA) is 50.8 Å². The van der Waals surface area contributed by atoms with Gasteiger partial charge in [0.2, 0.25) is 0 Å². The number of nitrogens with zero attached hydrogens (tertiary/aromatic N) is 1. The molecule has 0 radical (unpaired) electrons. The maximum absolute atomic E-state index is 12.7. The van der Waals surface area contributed by atoms with Gasteiger partial charge in [-0.1, -0.05) is 11.6 Å². The van der Waals surface area contributed by atoms with Gasteiger partial charge in [-0.25, -0.2) is 0 Å². The molecule has 0 aliphatic carbocycles. The van der Waals surface area contributed by atoms with E-state index in [4.69, 9.17) is 21.1 Å². The van der Waals surface area contributed by atoms with E-state index in [1.54, 1.807) is 19.2 Å². The van der Waals surface area contributed by atoms with Crippen LogP contribution in [0.3, 0.4) is 0 Å². The number of hydrogen-bond donors (Lipinski definition) is 1. The van der Waals surface area contributed by atoms with Crippen molar-refractivity contribution >= 4 is 17.5 Å². The van der Waals surface area contributed by atoms with Gasteiger partial charge in [0.05, 0.1) is 18.7 Å². The standard InChI is InChI=1S/C16H21ClN2O3/c1-3-22-15-13(17)4-10(5-14(15)21-2)16(20)19-8-11-6-18-7-12(11)9-19/h4-5,11-12,18H,3,6-9H2,1-2H3/t11-,12+. The zero-order valence-electron chi connectivity index (χ0n) is 12.9. The molecule has 6 heteroatoms. The Kier molecular flexibility index (Phi) is 4.45. The minimum atomic E-state index is 0.0117. The molecule has 1 amide bonds. The predicted molar refractivity (Wildman–Crippen MR) is 84.9 cm³/mol. The summed E-state index contributed by atoms with van der Waals surface area (Å²) in [6, 6.07) is 3.38. The van der Waals surface area contributed by atoms with Crippen LogP contribution in [0.2, 0.25) is 5.02 Å². The van der Waals surface area contributed by atoms with Crippen molar-refractivity contribution in [3.05, 3.63) is 22.7 Å². The number of benzene rings is 1. The van der Waals surface area contributed by atoms with Crippen molar-refractivity contribution in [2.45, 2.75) is 6.92 Å². The molecule has 1 aromatic rings. The number of nitrogens with one attached hydrogen (secondary N) is 1. The van der Waals surface area contributed by atoms with E-state index in [0.717, 1.165) is 26.2 Å². The van der Waals surface area contributed by atoms with Crippen molar-refractivity contribution in [1.29, 1.82) is 0 Å². The quantitative estimate of drug-likeness (QED) is 0.921. The second-order valence-corrected chi connectivity index (χ2v) is 6.22. The number of amides is 1. The summed E-state index contributed by atoms with van der Waals surface area (Å²) in [6.45, 7) is 5.99. The van der Waals surface area contributed by atoms with Crippen LogP contribution < -0.4 is 14.8 Å². The maximum Gasteiger partial charge on any atom is 0.254 e. The summed E-state index contributed by atoms with van der Waals surface area (Å²) in [6.07, 6.45) is 0. The molecule has 2 saturated heterocycles. The maximum atomic E-state index is 12.7. The van der Waals surface area contributed by atoms with Crippen molar-refractivity contribution in [1.82, 2.24) is 10.2 Å². The largest absolute Gasteiger partial charge is 0.493 e. The molecular weight excluding hydrogens is 304 g/mol. The van der Waals surface area contributed by atoms with Crippen LogP contribution in [0.15, 0.2) is 12.1 Å². The minimum absolute atomic E-state index is 0.0117. The first-order chi connectivity index (χ1) is 10.6. The average Bonchev–Trinajstić information content (AvgIpc) is 3.09. The molecule has 120 valence electrons. The lowest BCUT2D eigenvalue weighted by molar-refractivity contribution is 0.0781. The lowest BCUT2D eigenvalue weighted by Gasteiger charge is -2.19. The number of ether oxygens (including phenoxy) is 2. The van der Waals surface area contributed by atoms with Gasteiger partial charge in [-0.2, -0.15) is 0 Å². The Balaban J connectivity index is 1.82. The van der Waals surface area contributed by atoms with Gasteiger partial charge in [0.15, 0.2) is 11.5 Å². The Hall–Kier alpha value is -1.46. The van der Waals surface area contributed by atoms with Gasteiger partial charge in [-0.3, -0.25) is 4.79 Å². The van der Waals surface area contributed by atoms with Crippen LogP contribution in [0.5, 0.6) is 11.5 Å². The smallest absolute Gasteiger partial charge is 0.254 e. The third kappa shape index (κ3) is 2.75. The molecule has 0 aromatic heterocycles. The van der Waals surface area contributed by atoms with Gasteiger partial charge < -0.3 is 19.7 Å². The van der Waals surface area contributed by atoms with Gasteiger partial charge in [0.1, 0.15) is 0 Å². The molecule has 5 nitrogen and oxygen atoms in total. The Morgan fingerprint density at radius 1 is 1.36 bits per heavy atom. The zero-order chi connectivity index (χ0) is 15.7. The van der Waals surface area contributed by atoms with Crippen molar-refractivity contribution < 1.29 is 14.3 Å². The van der Waals surface area contributed by atoms with Crippen LogP contribution in [0.25, 0.3) is 0 Å².